The lowest BCUT2D eigenvalue weighted by Crippen LogP contribution is -2.48. The lowest BCUT2D eigenvalue weighted by Gasteiger charge is -2.36. The van der Waals surface area contributed by atoms with E-state index in [4.69, 9.17) is 21.5 Å². The number of nitriles is 1. The molecule has 0 saturated heterocycles. The van der Waals surface area contributed by atoms with Crippen molar-refractivity contribution >= 4 is 23.2 Å². The number of carbonyl (C=O) groups is 2. The van der Waals surface area contributed by atoms with Gasteiger partial charge in [-0.05, 0) is 30.7 Å². The summed E-state index contributed by atoms with van der Waals surface area (Å²) in [6.45, 7) is 1.17. The van der Waals surface area contributed by atoms with Crippen LogP contribution >= 0.6 is 0 Å². The van der Waals surface area contributed by atoms with Crippen LogP contribution in [0.25, 0.3) is 0 Å². The molecule has 1 unspecified atom stereocenters. The Hall–Kier alpha value is -4.73. The molecule has 1 atom stereocenters. The number of halogens is 4. The van der Waals surface area contributed by atoms with Gasteiger partial charge in [-0.15, -0.1) is 0 Å². The monoisotopic (exact) mass is 528 g/mol. The van der Waals surface area contributed by atoms with Crippen LogP contribution in [0.15, 0.2) is 41.4 Å². The summed E-state index contributed by atoms with van der Waals surface area (Å²) < 4.78 is 63.9. The van der Waals surface area contributed by atoms with Crippen LogP contribution in [0, 0.1) is 24.1 Å². The van der Waals surface area contributed by atoms with Crippen LogP contribution in [0.2, 0.25) is 0 Å². The largest absolute Gasteiger partial charge is 0.494 e. The molecule has 196 valence electrons. The maximum absolute atomic E-state index is 14.6. The quantitative estimate of drug-likeness (QED) is 0.472. The van der Waals surface area contributed by atoms with Crippen LogP contribution in [0.5, 0.6) is 5.75 Å². The molecule has 0 spiro atoms. The molecular weight excluding hydrogens is 508 g/mol. The highest BCUT2D eigenvalue weighted by Crippen LogP contribution is 2.50. The SMILES string of the molecule is COc1cc2c(cc1F)N=C(C(N)=O)CC2(C(N)=O)c1c(C(F)(F)F)nn(Cc2ccc(C#N)cc2)c1C. The van der Waals surface area contributed by atoms with E-state index < -0.39 is 52.6 Å². The molecule has 0 aliphatic carbocycles. The fourth-order valence-electron chi connectivity index (χ4n) is 4.64. The normalized spacial score (nSPS) is 16.8. The number of primary amides is 2. The number of nitrogens with two attached hydrogens (primary N) is 2. The average molecular weight is 528 g/mol. The molecule has 4 rings (SSSR count). The highest BCUT2D eigenvalue weighted by atomic mass is 19.4. The molecular formula is C25H20F4N6O3. The summed E-state index contributed by atoms with van der Waals surface area (Å²) in [6.07, 6.45) is -5.77. The topological polar surface area (TPSA) is 149 Å². The number of amides is 2. The second-order valence-electron chi connectivity index (χ2n) is 8.65. The molecule has 0 saturated carbocycles. The molecule has 1 aromatic heterocycles. The summed E-state index contributed by atoms with van der Waals surface area (Å²) in [5.41, 5.74) is 6.67. The van der Waals surface area contributed by atoms with E-state index in [9.17, 15) is 27.2 Å². The van der Waals surface area contributed by atoms with Gasteiger partial charge in [0.1, 0.15) is 11.1 Å². The lowest BCUT2D eigenvalue weighted by atomic mass is 9.67. The number of benzene rings is 2. The van der Waals surface area contributed by atoms with Crippen molar-refractivity contribution in [3.63, 3.8) is 0 Å². The van der Waals surface area contributed by atoms with E-state index in [1.165, 1.54) is 19.1 Å². The summed E-state index contributed by atoms with van der Waals surface area (Å²) >= 11 is 0. The first-order valence-corrected chi connectivity index (χ1v) is 11.0. The molecule has 0 radical (unpaired) electrons. The van der Waals surface area contributed by atoms with Gasteiger partial charge in [0.25, 0.3) is 5.91 Å². The van der Waals surface area contributed by atoms with Gasteiger partial charge in [-0.2, -0.15) is 23.5 Å². The molecule has 2 heterocycles. The molecule has 1 aliphatic heterocycles. The second-order valence-corrected chi connectivity index (χ2v) is 8.65. The first kappa shape index (κ1) is 26.3. The Morgan fingerprint density at radius 3 is 2.39 bits per heavy atom. The number of alkyl halides is 3. The van der Waals surface area contributed by atoms with Crippen molar-refractivity contribution in [2.45, 2.75) is 31.5 Å². The van der Waals surface area contributed by atoms with Gasteiger partial charge in [0.15, 0.2) is 17.3 Å². The summed E-state index contributed by atoms with van der Waals surface area (Å²) in [7, 11) is 1.14. The van der Waals surface area contributed by atoms with E-state index in [1.807, 2.05) is 6.07 Å². The Morgan fingerprint density at radius 2 is 1.87 bits per heavy atom. The smallest absolute Gasteiger partial charge is 0.435 e. The van der Waals surface area contributed by atoms with Crippen LogP contribution in [0.4, 0.5) is 23.2 Å². The lowest BCUT2D eigenvalue weighted by molar-refractivity contribution is -0.142. The maximum atomic E-state index is 14.6. The number of hydrogen-bond donors (Lipinski definition) is 2. The van der Waals surface area contributed by atoms with Gasteiger partial charge in [0.2, 0.25) is 5.91 Å². The maximum Gasteiger partial charge on any atom is 0.435 e. The predicted molar refractivity (Wildman–Crippen MR) is 126 cm³/mol. The second kappa shape index (κ2) is 9.29. The summed E-state index contributed by atoms with van der Waals surface area (Å²) in [4.78, 5) is 29.3. The Kier molecular flexibility index (Phi) is 6.44. The minimum absolute atomic E-state index is 0.0829. The Morgan fingerprint density at radius 1 is 1.21 bits per heavy atom. The van der Waals surface area contributed by atoms with Gasteiger partial charge >= 0.3 is 6.18 Å². The van der Waals surface area contributed by atoms with Crippen molar-refractivity contribution in [1.29, 1.82) is 5.26 Å². The first-order chi connectivity index (χ1) is 17.8. The number of aliphatic imine (C=N–C) groups is 1. The molecule has 2 aromatic carbocycles. The van der Waals surface area contributed by atoms with Crippen LogP contribution in [0.3, 0.4) is 0 Å². The van der Waals surface area contributed by atoms with Crippen molar-refractivity contribution in [2.24, 2.45) is 16.5 Å². The predicted octanol–water partition coefficient (Wildman–Crippen LogP) is 3.01. The molecule has 13 heteroatoms. The zero-order chi connectivity index (χ0) is 28.0. The number of aromatic nitrogens is 2. The number of fused-ring (bicyclic) bond motifs is 1. The molecule has 2 amide bonds. The third-order valence-corrected chi connectivity index (χ3v) is 6.44. The van der Waals surface area contributed by atoms with E-state index >= 15 is 0 Å². The molecule has 9 nitrogen and oxygen atoms in total. The van der Waals surface area contributed by atoms with Gasteiger partial charge in [-0.25, -0.2) is 9.38 Å². The molecule has 3 aromatic rings. The fraction of sp³-hybridized carbons (Fsp3) is 0.240. The minimum Gasteiger partial charge on any atom is -0.494 e. The molecule has 38 heavy (non-hydrogen) atoms. The third kappa shape index (κ3) is 4.23. The molecule has 1 aliphatic rings. The van der Waals surface area contributed by atoms with Crippen molar-refractivity contribution in [1.82, 2.24) is 9.78 Å². The number of rotatable bonds is 6. The van der Waals surface area contributed by atoms with Crippen LogP contribution < -0.4 is 16.2 Å². The van der Waals surface area contributed by atoms with Gasteiger partial charge in [0, 0.05) is 29.3 Å². The average Bonchev–Trinajstić information content (AvgIpc) is 3.19. The summed E-state index contributed by atoms with van der Waals surface area (Å²) in [5, 5.41) is 12.8. The van der Waals surface area contributed by atoms with Gasteiger partial charge in [0.05, 0.1) is 31.0 Å². The van der Waals surface area contributed by atoms with E-state index in [0.29, 0.717) is 11.1 Å². The molecule has 0 bridgehead atoms. The van der Waals surface area contributed by atoms with E-state index in [0.717, 1.165) is 23.9 Å². The van der Waals surface area contributed by atoms with E-state index in [-0.39, 0.29) is 29.2 Å². The number of nitrogens with zero attached hydrogens (tertiary/aromatic N) is 4. The number of ether oxygens (including phenoxy) is 1. The number of carbonyl (C=O) groups excluding carboxylic acids is 2. The highest BCUT2D eigenvalue weighted by molar-refractivity contribution is 6.40. The zero-order valence-corrected chi connectivity index (χ0v) is 20.1. The first-order valence-electron chi connectivity index (χ1n) is 11.0. The molecule has 4 N–H and O–H groups in total. The van der Waals surface area contributed by atoms with Gasteiger partial charge in [-0.1, -0.05) is 12.1 Å². The summed E-state index contributed by atoms with van der Waals surface area (Å²) in [5.74, 6) is -3.67. The van der Waals surface area contributed by atoms with E-state index in [2.05, 4.69) is 10.1 Å². The standard InChI is InChI=1S/C25H20F4N6O3/c1-12-20(21(25(27,28)29)34-35(12)11-14-5-3-13(10-30)4-6-14)24(23(32)37)9-18(22(31)36)33-17-8-16(26)19(38-2)7-15(17)24/h3-8H,9,11H2,1-2H3,(H2,31,36)(H2,32,37). The Bertz CT molecular complexity index is 1540. The van der Waals surface area contributed by atoms with Gasteiger partial charge in [-0.3, -0.25) is 14.3 Å². The third-order valence-electron chi connectivity index (χ3n) is 6.44. The van der Waals surface area contributed by atoms with Crippen LogP contribution in [-0.2, 0) is 27.7 Å². The van der Waals surface area contributed by atoms with E-state index in [1.54, 1.807) is 12.1 Å². The van der Waals surface area contributed by atoms with Crippen molar-refractivity contribution in [2.75, 3.05) is 7.11 Å². The van der Waals surface area contributed by atoms with Crippen molar-refractivity contribution < 1.29 is 31.9 Å². The number of methoxy groups -OCH3 is 1. The van der Waals surface area contributed by atoms with Crippen molar-refractivity contribution in [3.8, 4) is 11.8 Å². The minimum atomic E-state index is -5.05. The highest BCUT2D eigenvalue weighted by Gasteiger charge is 2.54. The Balaban J connectivity index is 2.05. The number of hydrogen-bond acceptors (Lipinski definition) is 6. The van der Waals surface area contributed by atoms with Crippen LogP contribution in [-0.4, -0.2) is 34.4 Å². The van der Waals surface area contributed by atoms with Crippen molar-refractivity contribution in [3.05, 3.63) is 75.9 Å². The zero-order valence-electron chi connectivity index (χ0n) is 20.1. The fourth-order valence-corrected chi connectivity index (χ4v) is 4.64. The van der Waals surface area contributed by atoms with Gasteiger partial charge < -0.3 is 16.2 Å². The Labute approximate surface area is 213 Å². The molecule has 0 fully saturated rings. The summed E-state index contributed by atoms with van der Waals surface area (Å²) in [6, 6.07) is 9.92. The van der Waals surface area contributed by atoms with Crippen LogP contribution in [0.1, 0.15) is 40.1 Å².